The van der Waals surface area contributed by atoms with Crippen molar-refractivity contribution in [2.24, 2.45) is 0 Å². The van der Waals surface area contributed by atoms with E-state index < -0.39 is 0 Å². The van der Waals surface area contributed by atoms with E-state index in [9.17, 15) is 4.39 Å². The monoisotopic (exact) mass is 477 g/mol. The highest BCUT2D eigenvalue weighted by atomic mass is 35.5. The van der Waals surface area contributed by atoms with E-state index in [2.05, 4.69) is 38.9 Å². The summed E-state index contributed by atoms with van der Waals surface area (Å²) >= 11 is 7.98. The highest BCUT2D eigenvalue weighted by Crippen LogP contribution is 2.33. The van der Waals surface area contributed by atoms with E-state index in [1.54, 1.807) is 35.6 Å². The Morgan fingerprint density at radius 3 is 2.97 bits per heavy atom. The van der Waals surface area contributed by atoms with Crippen molar-refractivity contribution in [3.63, 3.8) is 0 Å². The molecule has 1 saturated heterocycles. The van der Waals surface area contributed by atoms with E-state index in [4.69, 9.17) is 16.3 Å². The van der Waals surface area contributed by atoms with Gasteiger partial charge in [-0.15, -0.1) is 11.3 Å². The minimum atomic E-state index is -0.297. The predicted octanol–water partition coefficient (Wildman–Crippen LogP) is 5.72. The number of hydrogen-bond donors (Lipinski definition) is 2. The number of nitrogens with zero attached hydrogens (tertiary/aromatic N) is 2. The van der Waals surface area contributed by atoms with Crippen LogP contribution in [0, 0.1) is 24.1 Å². The zero-order valence-electron chi connectivity index (χ0n) is 17.4. The molecule has 4 aromatic rings. The molecular formula is C25H19ClFN4OS. The molecule has 1 aliphatic rings. The van der Waals surface area contributed by atoms with E-state index in [-0.39, 0.29) is 18.5 Å². The lowest BCUT2D eigenvalue weighted by Crippen LogP contribution is -2.18. The van der Waals surface area contributed by atoms with E-state index in [0.29, 0.717) is 16.6 Å². The largest absolute Gasteiger partial charge is 0.487 e. The van der Waals surface area contributed by atoms with E-state index >= 15 is 0 Å². The van der Waals surface area contributed by atoms with Gasteiger partial charge in [0.25, 0.3) is 0 Å². The number of ether oxygens (including phenoxy) is 1. The standard InChI is InChI=1S/C25H19ClFN4OS/c26-21-12-19(7-9-23(21)32-14-16-3-1-4-17(27)11-16)31-25-24-22(29-15-30-25)13-20(33-24)8-6-18-5-2-10-28-18/h1-4,7,9,11-13,15,18,28H,5,10,14H2,(H,29,30,31)/t18-/m0/s1. The SMILES string of the molecule is Fc1cccc(COc2ccc(Nc3ncnc4cc(C#C[C@@H]5C[CH]CN5)sc34)cc2Cl)c1. The Hall–Kier alpha value is -3.18. The molecule has 1 radical (unpaired) electrons. The molecule has 5 rings (SSSR count). The van der Waals surface area contributed by atoms with Gasteiger partial charge in [0.15, 0.2) is 5.82 Å². The fourth-order valence-electron chi connectivity index (χ4n) is 3.45. The van der Waals surface area contributed by atoms with Crippen molar-refractivity contribution in [3.05, 3.63) is 82.6 Å². The summed E-state index contributed by atoms with van der Waals surface area (Å²) < 4.78 is 20.0. The molecule has 0 unspecified atom stereocenters. The quantitative estimate of drug-likeness (QED) is 0.360. The molecule has 0 spiro atoms. The molecule has 1 fully saturated rings. The summed E-state index contributed by atoms with van der Waals surface area (Å²) in [6, 6.07) is 13.9. The molecule has 33 heavy (non-hydrogen) atoms. The number of nitrogens with one attached hydrogen (secondary N) is 2. The minimum absolute atomic E-state index is 0.211. The zero-order valence-corrected chi connectivity index (χ0v) is 19.0. The smallest absolute Gasteiger partial charge is 0.151 e. The van der Waals surface area contributed by atoms with Gasteiger partial charge >= 0.3 is 0 Å². The summed E-state index contributed by atoms with van der Waals surface area (Å²) in [5.41, 5.74) is 2.34. The van der Waals surface area contributed by atoms with E-state index in [1.807, 2.05) is 12.1 Å². The third-order valence-electron chi connectivity index (χ3n) is 5.07. The molecule has 0 bridgehead atoms. The Morgan fingerprint density at radius 1 is 1.21 bits per heavy atom. The van der Waals surface area contributed by atoms with Crippen molar-refractivity contribution >= 4 is 44.7 Å². The number of thiophene rings is 1. The van der Waals surface area contributed by atoms with Crippen molar-refractivity contribution in [1.29, 1.82) is 0 Å². The summed E-state index contributed by atoms with van der Waals surface area (Å²) in [7, 11) is 0. The number of aromatic nitrogens is 2. The van der Waals surface area contributed by atoms with Crippen LogP contribution in [-0.2, 0) is 6.61 Å². The highest BCUT2D eigenvalue weighted by molar-refractivity contribution is 7.20. The van der Waals surface area contributed by atoms with E-state index in [0.717, 1.165) is 39.3 Å². The Labute approximate surface area is 200 Å². The average Bonchev–Trinajstić information content (AvgIpc) is 3.47. The first kappa shape index (κ1) is 21.7. The maximum atomic E-state index is 13.3. The van der Waals surface area contributed by atoms with Crippen LogP contribution in [0.4, 0.5) is 15.9 Å². The maximum absolute atomic E-state index is 13.3. The molecule has 8 heteroatoms. The van der Waals surface area contributed by atoms with Gasteiger partial charge in [0.1, 0.15) is 24.5 Å². The average molecular weight is 478 g/mol. The highest BCUT2D eigenvalue weighted by Gasteiger charge is 2.12. The molecule has 2 aromatic heterocycles. The number of benzene rings is 2. The number of fused-ring (bicyclic) bond motifs is 1. The zero-order chi connectivity index (χ0) is 22.6. The van der Waals surface area contributed by atoms with Crippen molar-refractivity contribution in [1.82, 2.24) is 15.3 Å². The number of halogens is 2. The Balaban J connectivity index is 1.31. The number of hydrogen-bond acceptors (Lipinski definition) is 6. The van der Waals surface area contributed by atoms with Crippen LogP contribution in [0.15, 0.2) is 54.9 Å². The van der Waals surface area contributed by atoms with Crippen molar-refractivity contribution < 1.29 is 9.13 Å². The number of rotatable bonds is 5. The van der Waals surface area contributed by atoms with Crippen LogP contribution in [0.1, 0.15) is 16.9 Å². The third kappa shape index (κ3) is 5.25. The van der Waals surface area contributed by atoms with Crippen LogP contribution >= 0.6 is 22.9 Å². The Bertz CT molecular complexity index is 1360. The van der Waals surface area contributed by atoms with Gasteiger partial charge in [0.05, 0.1) is 26.2 Å². The minimum Gasteiger partial charge on any atom is -0.487 e. The Morgan fingerprint density at radius 2 is 2.15 bits per heavy atom. The van der Waals surface area contributed by atoms with Crippen LogP contribution < -0.4 is 15.4 Å². The summed E-state index contributed by atoms with van der Waals surface area (Å²) in [6.45, 7) is 1.13. The summed E-state index contributed by atoms with van der Waals surface area (Å²) in [4.78, 5) is 9.72. The van der Waals surface area contributed by atoms with Crippen molar-refractivity contribution in [3.8, 4) is 17.6 Å². The Kier molecular flexibility index (Phi) is 6.40. The molecule has 0 aliphatic carbocycles. The van der Waals surface area contributed by atoms with Gasteiger partial charge in [-0.1, -0.05) is 35.6 Å². The lowest BCUT2D eigenvalue weighted by Gasteiger charge is -2.11. The van der Waals surface area contributed by atoms with Gasteiger partial charge in [-0.05, 0) is 61.3 Å². The topological polar surface area (TPSA) is 59.1 Å². The summed E-state index contributed by atoms with van der Waals surface area (Å²) in [5, 5.41) is 7.09. The molecule has 3 heterocycles. The second kappa shape index (κ2) is 9.75. The van der Waals surface area contributed by atoms with Gasteiger partial charge in [-0.2, -0.15) is 0 Å². The van der Waals surface area contributed by atoms with Crippen molar-refractivity contribution in [2.45, 2.75) is 19.1 Å². The molecule has 1 aliphatic heterocycles. The lowest BCUT2D eigenvalue weighted by atomic mass is 10.2. The molecule has 5 nitrogen and oxygen atoms in total. The molecule has 0 amide bonds. The van der Waals surface area contributed by atoms with Crippen LogP contribution in [-0.4, -0.2) is 22.6 Å². The lowest BCUT2D eigenvalue weighted by molar-refractivity contribution is 0.306. The fraction of sp³-hybridized carbons (Fsp3) is 0.160. The van der Waals surface area contributed by atoms with Gasteiger partial charge in [-0.25, -0.2) is 14.4 Å². The summed E-state index contributed by atoms with van der Waals surface area (Å²) in [5.74, 6) is 7.42. The predicted molar refractivity (Wildman–Crippen MR) is 130 cm³/mol. The molecule has 0 saturated carbocycles. The number of anilines is 2. The second-order valence-electron chi connectivity index (χ2n) is 7.49. The van der Waals surface area contributed by atoms with E-state index in [1.165, 1.54) is 18.5 Å². The molecule has 2 N–H and O–H groups in total. The van der Waals surface area contributed by atoms with Gasteiger partial charge in [0.2, 0.25) is 0 Å². The first-order valence-corrected chi connectivity index (χ1v) is 11.6. The summed E-state index contributed by atoms with van der Waals surface area (Å²) in [6.07, 6.45) is 4.69. The van der Waals surface area contributed by atoms with Crippen LogP contribution in [0.25, 0.3) is 10.2 Å². The third-order valence-corrected chi connectivity index (χ3v) is 6.41. The first-order chi connectivity index (χ1) is 16.1. The second-order valence-corrected chi connectivity index (χ2v) is 8.95. The van der Waals surface area contributed by atoms with Gasteiger partial charge in [-0.3, -0.25) is 0 Å². The fourth-order valence-corrected chi connectivity index (χ4v) is 4.60. The van der Waals surface area contributed by atoms with Crippen molar-refractivity contribution in [2.75, 3.05) is 11.9 Å². The molecular weight excluding hydrogens is 459 g/mol. The van der Waals surface area contributed by atoms with Crippen LogP contribution in [0.3, 0.4) is 0 Å². The van der Waals surface area contributed by atoms with Gasteiger partial charge < -0.3 is 15.4 Å². The normalized spacial score (nSPS) is 15.3. The van der Waals surface area contributed by atoms with Crippen LogP contribution in [0.5, 0.6) is 5.75 Å². The molecule has 2 aromatic carbocycles. The first-order valence-electron chi connectivity index (χ1n) is 10.4. The molecule has 165 valence electrons. The molecule has 1 atom stereocenters. The maximum Gasteiger partial charge on any atom is 0.151 e. The van der Waals surface area contributed by atoms with Crippen LogP contribution in [0.2, 0.25) is 5.02 Å². The van der Waals surface area contributed by atoms with Gasteiger partial charge in [0, 0.05) is 5.69 Å².